The summed E-state index contributed by atoms with van der Waals surface area (Å²) in [4.78, 5) is 16.7. The fourth-order valence-corrected chi connectivity index (χ4v) is 2.35. The summed E-state index contributed by atoms with van der Waals surface area (Å²) in [5, 5.41) is 21.7. The molecule has 0 aliphatic carbocycles. The Bertz CT molecular complexity index is 683. The second-order valence-electron chi connectivity index (χ2n) is 6.58. The van der Waals surface area contributed by atoms with Gasteiger partial charge < -0.3 is 10.6 Å². The lowest BCUT2D eigenvalue weighted by molar-refractivity contribution is -0.124. The van der Waals surface area contributed by atoms with Gasteiger partial charge in [-0.2, -0.15) is 0 Å². The maximum Gasteiger partial charge on any atom is 0.267 e. The van der Waals surface area contributed by atoms with Crippen molar-refractivity contribution < 1.29 is 4.79 Å². The molecule has 0 amide bonds. The quantitative estimate of drug-likeness (QED) is 0.748. The molecule has 0 bridgehead atoms. The molecule has 8 nitrogen and oxygen atoms in total. The van der Waals surface area contributed by atoms with Gasteiger partial charge in [-0.3, -0.25) is 4.79 Å². The Morgan fingerprint density at radius 2 is 1.76 bits per heavy atom. The topological polar surface area (TPSA) is 106 Å². The van der Waals surface area contributed by atoms with E-state index in [0.717, 1.165) is 5.56 Å². The van der Waals surface area contributed by atoms with E-state index in [4.69, 9.17) is 0 Å². The molecule has 25 heavy (non-hydrogen) atoms. The van der Waals surface area contributed by atoms with Crippen molar-refractivity contribution in [3.8, 4) is 0 Å². The van der Waals surface area contributed by atoms with E-state index < -0.39 is 0 Å². The van der Waals surface area contributed by atoms with Gasteiger partial charge in [-0.15, -0.1) is 20.4 Å². The largest absolute Gasteiger partial charge is 0.306 e. The molecule has 2 rings (SSSR count). The van der Waals surface area contributed by atoms with Crippen molar-refractivity contribution in [2.45, 2.75) is 53.1 Å². The first kappa shape index (κ1) is 18.9. The molecule has 0 saturated carbocycles. The van der Waals surface area contributed by atoms with Crippen LogP contribution in [0.3, 0.4) is 0 Å². The SMILES string of the molecule is Cc1nnc(Nc2ccc(CC(NC(C)C)C(=O)C(C)C)cn2)nn1. The highest BCUT2D eigenvalue weighted by atomic mass is 16.1. The second kappa shape index (κ2) is 8.57. The third-order valence-electron chi connectivity index (χ3n) is 3.53. The number of Topliss-reactive ketones (excluding diaryl/α,β-unsaturated/α-hetero) is 1. The molecule has 0 fully saturated rings. The molecule has 0 aromatic carbocycles. The summed E-state index contributed by atoms with van der Waals surface area (Å²) in [6, 6.07) is 3.78. The molecular formula is C17H25N7O. The van der Waals surface area contributed by atoms with Crippen molar-refractivity contribution >= 4 is 17.5 Å². The van der Waals surface area contributed by atoms with Gasteiger partial charge in [0.1, 0.15) is 5.82 Å². The fourth-order valence-electron chi connectivity index (χ4n) is 2.35. The van der Waals surface area contributed by atoms with E-state index in [1.54, 1.807) is 13.1 Å². The Morgan fingerprint density at radius 3 is 2.28 bits per heavy atom. The van der Waals surface area contributed by atoms with Crippen molar-refractivity contribution in [3.63, 3.8) is 0 Å². The Morgan fingerprint density at radius 1 is 1.08 bits per heavy atom. The van der Waals surface area contributed by atoms with Crippen LogP contribution in [-0.2, 0) is 11.2 Å². The Labute approximate surface area is 147 Å². The van der Waals surface area contributed by atoms with Crippen molar-refractivity contribution in [2.75, 3.05) is 5.32 Å². The van der Waals surface area contributed by atoms with Crippen LogP contribution in [0, 0.1) is 12.8 Å². The van der Waals surface area contributed by atoms with E-state index in [1.165, 1.54) is 0 Å². The number of aromatic nitrogens is 5. The number of anilines is 2. The Kier molecular flexibility index (Phi) is 6.46. The highest BCUT2D eigenvalue weighted by Gasteiger charge is 2.22. The van der Waals surface area contributed by atoms with Crippen LogP contribution in [0.2, 0.25) is 0 Å². The molecule has 2 aromatic heterocycles. The first-order valence-electron chi connectivity index (χ1n) is 8.41. The van der Waals surface area contributed by atoms with E-state index in [-0.39, 0.29) is 23.8 Å². The van der Waals surface area contributed by atoms with Crippen molar-refractivity contribution in [1.82, 2.24) is 30.7 Å². The number of pyridine rings is 1. The van der Waals surface area contributed by atoms with Gasteiger partial charge in [-0.25, -0.2) is 4.98 Å². The van der Waals surface area contributed by atoms with Gasteiger partial charge in [0, 0.05) is 18.2 Å². The minimum absolute atomic E-state index is 0.0103. The number of rotatable bonds is 8. The molecule has 0 aliphatic rings. The van der Waals surface area contributed by atoms with E-state index in [0.29, 0.717) is 24.0 Å². The van der Waals surface area contributed by atoms with E-state index >= 15 is 0 Å². The molecule has 134 valence electrons. The average molecular weight is 343 g/mol. The van der Waals surface area contributed by atoms with Gasteiger partial charge in [0.05, 0.1) is 6.04 Å². The standard InChI is InChI=1S/C17H25N7O/c1-10(2)16(25)14(19-11(3)4)8-13-6-7-15(18-9-13)20-17-23-21-12(5)22-24-17/h6-7,9-11,14,19H,8H2,1-5H3,(H,18,20,23,24). The summed E-state index contributed by atoms with van der Waals surface area (Å²) >= 11 is 0. The number of carbonyl (C=O) groups excluding carboxylic acids is 1. The number of nitrogens with one attached hydrogen (secondary N) is 2. The van der Waals surface area contributed by atoms with Crippen LogP contribution in [-0.4, -0.2) is 43.2 Å². The number of ketones is 1. The minimum Gasteiger partial charge on any atom is -0.306 e. The monoisotopic (exact) mass is 343 g/mol. The maximum absolute atomic E-state index is 12.4. The van der Waals surface area contributed by atoms with Gasteiger partial charge in [0.15, 0.2) is 11.6 Å². The summed E-state index contributed by atoms with van der Waals surface area (Å²) in [7, 11) is 0. The van der Waals surface area contributed by atoms with Gasteiger partial charge in [-0.05, 0) is 25.0 Å². The number of aryl methyl sites for hydroxylation is 1. The van der Waals surface area contributed by atoms with Crippen LogP contribution in [0.1, 0.15) is 39.1 Å². The molecular weight excluding hydrogens is 318 g/mol. The predicted octanol–water partition coefficient (Wildman–Crippen LogP) is 1.85. The zero-order chi connectivity index (χ0) is 18.4. The highest BCUT2D eigenvalue weighted by Crippen LogP contribution is 2.12. The first-order chi connectivity index (χ1) is 11.8. The molecule has 1 unspecified atom stereocenters. The van der Waals surface area contributed by atoms with Crippen LogP contribution in [0.5, 0.6) is 0 Å². The second-order valence-corrected chi connectivity index (χ2v) is 6.58. The lowest BCUT2D eigenvalue weighted by Gasteiger charge is -2.22. The minimum atomic E-state index is -0.213. The average Bonchev–Trinajstić information content (AvgIpc) is 2.57. The Hall–Kier alpha value is -2.48. The van der Waals surface area contributed by atoms with Crippen molar-refractivity contribution in [3.05, 3.63) is 29.7 Å². The van der Waals surface area contributed by atoms with Crippen LogP contribution >= 0.6 is 0 Å². The summed E-state index contributed by atoms with van der Waals surface area (Å²) in [6.07, 6.45) is 2.35. The van der Waals surface area contributed by atoms with Crippen molar-refractivity contribution in [1.29, 1.82) is 0 Å². The number of hydrogen-bond donors (Lipinski definition) is 2. The summed E-state index contributed by atoms with van der Waals surface area (Å²) in [5.41, 5.74) is 0.985. The number of carbonyl (C=O) groups is 1. The van der Waals surface area contributed by atoms with Gasteiger partial charge >= 0.3 is 0 Å². The van der Waals surface area contributed by atoms with E-state index in [2.05, 4.69) is 36.0 Å². The lowest BCUT2D eigenvalue weighted by atomic mass is 9.96. The molecule has 2 aromatic rings. The zero-order valence-corrected chi connectivity index (χ0v) is 15.3. The summed E-state index contributed by atoms with van der Waals surface area (Å²) in [5.74, 6) is 1.59. The Balaban J connectivity index is 2.04. The third kappa shape index (κ3) is 5.82. The highest BCUT2D eigenvalue weighted by molar-refractivity contribution is 5.86. The molecule has 1 atom stereocenters. The summed E-state index contributed by atoms with van der Waals surface area (Å²) < 4.78 is 0. The molecule has 2 N–H and O–H groups in total. The van der Waals surface area contributed by atoms with E-state index in [1.807, 2.05) is 39.8 Å². The van der Waals surface area contributed by atoms with E-state index in [9.17, 15) is 4.79 Å². The van der Waals surface area contributed by atoms with Crippen LogP contribution < -0.4 is 10.6 Å². The van der Waals surface area contributed by atoms with Gasteiger partial charge in [-0.1, -0.05) is 33.8 Å². The van der Waals surface area contributed by atoms with Crippen LogP contribution in [0.4, 0.5) is 11.8 Å². The van der Waals surface area contributed by atoms with Crippen LogP contribution in [0.25, 0.3) is 0 Å². The number of nitrogens with zero attached hydrogens (tertiary/aromatic N) is 5. The van der Waals surface area contributed by atoms with Gasteiger partial charge in [0.2, 0.25) is 0 Å². The molecule has 8 heteroatoms. The molecule has 0 aliphatic heterocycles. The molecule has 0 saturated heterocycles. The zero-order valence-electron chi connectivity index (χ0n) is 15.3. The number of hydrogen-bond acceptors (Lipinski definition) is 8. The fraction of sp³-hybridized carbons (Fsp3) is 0.529. The smallest absolute Gasteiger partial charge is 0.267 e. The third-order valence-corrected chi connectivity index (χ3v) is 3.53. The predicted molar refractivity (Wildman–Crippen MR) is 95.5 cm³/mol. The lowest BCUT2D eigenvalue weighted by Crippen LogP contribution is -2.44. The molecule has 0 radical (unpaired) electrons. The van der Waals surface area contributed by atoms with Gasteiger partial charge in [0.25, 0.3) is 5.95 Å². The molecule has 2 heterocycles. The maximum atomic E-state index is 12.4. The summed E-state index contributed by atoms with van der Waals surface area (Å²) in [6.45, 7) is 9.64. The van der Waals surface area contributed by atoms with Crippen LogP contribution in [0.15, 0.2) is 18.3 Å². The van der Waals surface area contributed by atoms with Crippen molar-refractivity contribution in [2.24, 2.45) is 5.92 Å². The first-order valence-corrected chi connectivity index (χ1v) is 8.41. The normalized spacial score (nSPS) is 12.4. The molecule has 0 spiro atoms.